The van der Waals surface area contributed by atoms with E-state index in [9.17, 15) is 9.59 Å². The van der Waals surface area contributed by atoms with Gasteiger partial charge < -0.3 is 19.7 Å². The van der Waals surface area contributed by atoms with Crippen molar-refractivity contribution in [3.05, 3.63) is 23.6 Å². The zero-order valence-electron chi connectivity index (χ0n) is 20.4. The highest BCUT2D eigenvalue weighted by Crippen LogP contribution is 2.60. The summed E-state index contributed by atoms with van der Waals surface area (Å²) in [4.78, 5) is 33.8. The van der Waals surface area contributed by atoms with E-state index in [1.807, 2.05) is 28.5 Å². The van der Waals surface area contributed by atoms with E-state index in [0.29, 0.717) is 53.0 Å². The van der Waals surface area contributed by atoms with Crippen molar-refractivity contribution in [3.63, 3.8) is 0 Å². The van der Waals surface area contributed by atoms with Gasteiger partial charge in [-0.15, -0.1) is 11.3 Å². The van der Waals surface area contributed by atoms with Crippen LogP contribution in [-0.4, -0.2) is 48.5 Å². The number of methoxy groups -OCH3 is 2. The number of anilines is 1. The first-order valence-corrected chi connectivity index (χ1v) is 13.7. The Morgan fingerprint density at radius 3 is 2.46 bits per heavy atom. The number of likely N-dealkylation sites (tertiary alicyclic amines) is 1. The van der Waals surface area contributed by atoms with Crippen LogP contribution >= 0.6 is 11.3 Å². The largest absolute Gasteiger partial charge is 0.497 e. The first-order chi connectivity index (χ1) is 17.0. The maximum absolute atomic E-state index is 13.9. The van der Waals surface area contributed by atoms with Crippen molar-refractivity contribution in [2.24, 2.45) is 23.2 Å². The smallest absolute Gasteiger partial charge is 0.248 e. The fourth-order valence-electron chi connectivity index (χ4n) is 7.62. The van der Waals surface area contributed by atoms with Gasteiger partial charge in [-0.2, -0.15) is 0 Å². The van der Waals surface area contributed by atoms with Crippen LogP contribution in [0.15, 0.2) is 23.6 Å². The Bertz CT molecular complexity index is 1110. The van der Waals surface area contributed by atoms with Crippen molar-refractivity contribution < 1.29 is 19.1 Å². The highest BCUT2D eigenvalue weighted by atomic mass is 32.1. The van der Waals surface area contributed by atoms with Crippen LogP contribution in [0.1, 0.15) is 51.4 Å². The van der Waals surface area contributed by atoms with Gasteiger partial charge in [-0.25, -0.2) is 4.98 Å². The van der Waals surface area contributed by atoms with Gasteiger partial charge in [0.25, 0.3) is 0 Å². The Balaban J connectivity index is 1.18. The standard InChI is InChI=1S/C27H33N3O4S/c1-33-19-5-6-23(34-2)20(11-19)21-15-35-26(28-21)29-24(31)22-4-3-7-30(22)25(32)27-12-16-8-17(13-27)10-18(9-16)14-27/h5-6,11,15-18,22H,3-4,7-10,12-14H2,1-2H3,(H,28,29,31). The van der Waals surface area contributed by atoms with Crippen LogP contribution in [0.3, 0.4) is 0 Å². The van der Waals surface area contributed by atoms with E-state index < -0.39 is 6.04 Å². The molecule has 2 heterocycles. The molecule has 0 spiro atoms. The topological polar surface area (TPSA) is 80.8 Å². The van der Waals surface area contributed by atoms with E-state index in [1.54, 1.807) is 14.2 Å². The Morgan fingerprint density at radius 2 is 1.80 bits per heavy atom. The molecule has 1 N–H and O–H groups in total. The fourth-order valence-corrected chi connectivity index (χ4v) is 8.33. The molecule has 7 nitrogen and oxygen atoms in total. The van der Waals surface area contributed by atoms with Gasteiger partial charge in [0.1, 0.15) is 17.5 Å². The van der Waals surface area contributed by atoms with Crippen molar-refractivity contribution in [3.8, 4) is 22.8 Å². The summed E-state index contributed by atoms with van der Waals surface area (Å²) in [5, 5.41) is 5.44. The minimum absolute atomic E-state index is 0.126. The van der Waals surface area contributed by atoms with E-state index >= 15 is 0 Å². The molecular weight excluding hydrogens is 462 g/mol. The number of rotatable bonds is 6. The zero-order valence-corrected chi connectivity index (χ0v) is 21.2. The van der Waals surface area contributed by atoms with Crippen LogP contribution in [-0.2, 0) is 9.59 Å². The molecule has 2 aromatic rings. The molecule has 1 aliphatic heterocycles. The number of hydrogen-bond donors (Lipinski definition) is 1. The van der Waals surface area contributed by atoms with E-state index in [0.717, 1.165) is 31.2 Å². The molecule has 4 saturated carbocycles. The highest BCUT2D eigenvalue weighted by Gasteiger charge is 2.56. The summed E-state index contributed by atoms with van der Waals surface area (Å²) in [6.07, 6.45) is 8.59. The second kappa shape index (κ2) is 8.80. The summed E-state index contributed by atoms with van der Waals surface area (Å²) in [6.45, 7) is 0.683. The first kappa shape index (κ1) is 22.8. The third-order valence-corrected chi connectivity index (χ3v) is 9.48. The van der Waals surface area contributed by atoms with Crippen LogP contribution in [0.4, 0.5) is 5.13 Å². The van der Waals surface area contributed by atoms with Gasteiger partial charge in [0.05, 0.1) is 25.3 Å². The summed E-state index contributed by atoms with van der Waals surface area (Å²) in [5.74, 6) is 3.66. The Hall–Kier alpha value is -2.61. The number of thiazole rings is 1. The minimum atomic E-state index is -0.408. The molecule has 1 unspecified atom stereocenters. The lowest BCUT2D eigenvalue weighted by atomic mass is 9.49. The number of ether oxygens (including phenoxy) is 2. The predicted octanol–water partition coefficient (Wildman–Crippen LogP) is 4.97. The average molecular weight is 496 g/mol. The molecule has 4 bridgehead atoms. The number of nitrogens with zero attached hydrogens (tertiary/aromatic N) is 2. The molecule has 5 fully saturated rings. The van der Waals surface area contributed by atoms with Crippen molar-refractivity contribution in [1.82, 2.24) is 9.88 Å². The van der Waals surface area contributed by atoms with Crippen molar-refractivity contribution in [1.29, 1.82) is 0 Å². The van der Waals surface area contributed by atoms with E-state index in [4.69, 9.17) is 9.47 Å². The zero-order chi connectivity index (χ0) is 24.2. The number of nitrogens with one attached hydrogen (secondary N) is 1. The maximum atomic E-state index is 13.9. The number of hydrogen-bond acceptors (Lipinski definition) is 6. The molecule has 186 valence electrons. The molecule has 5 aliphatic rings. The van der Waals surface area contributed by atoms with Gasteiger partial charge in [-0.05, 0) is 87.3 Å². The quantitative estimate of drug-likeness (QED) is 0.612. The molecular formula is C27H33N3O4S. The Kier molecular flexibility index (Phi) is 5.74. The van der Waals surface area contributed by atoms with E-state index in [1.165, 1.54) is 30.6 Å². The number of carbonyl (C=O) groups is 2. The third-order valence-electron chi connectivity index (χ3n) is 8.73. The van der Waals surface area contributed by atoms with Gasteiger partial charge >= 0.3 is 0 Å². The number of amides is 2. The highest BCUT2D eigenvalue weighted by molar-refractivity contribution is 7.14. The molecule has 35 heavy (non-hydrogen) atoms. The van der Waals surface area contributed by atoms with Crippen LogP contribution in [0.5, 0.6) is 11.5 Å². The molecule has 4 aliphatic carbocycles. The third kappa shape index (κ3) is 3.99. The van der Waals surface area contributed by atoms with Gasteiger partial charge in [0, 0.05) is 17.5 Å². The van der Waals surface area contributed by atoms with Crippen molar-refractivity contribution >= 4 is 28.3 Å². The lowest BCUT2D eigenvalue weighted by molar-refractivity contribution is -0.160. The lowest BCUT2D eigenvalue weighted by Crippen LogP contribution is -2.56. The number of benzene rings is 1. The molecule has 1 aromatic heterocycles. The summed E-state index contributed by atoms with van der Waals surface area (Å²) in [6, 6.07) is 5.15. The van der Waals surface area contributed by atoms with Gasteiger partial charge in [-0.3, -0.25) is 9.59 Å². The average Bonchev–Trinajstić information content (AvgIpc) is 3.52. The summed E-state index contributed by atoms with van der Waals surface area (Å²) >= 11 is 1.38. The minimum Gasteiger partial charge on any atom is -0.497 e. The second-order valence-corrected chi connectivity index (χ2v) is 11.8. The van der Waals surface area contributed by atoms with Crippen LogP contribution in [0.25, 0.3) is 11.3 Å². The lowest BCUT2D eigenvalue weighted by Gasteiger charge is -2.56. The summed E-state index contributed by atoms with van der Waals surface area (Å²) in [5.41, 5.74) is 1.31. The fraction of sp³-hybridized carbons (Fsp3) is 0.593. The monoisotopic (exact) mass is 495 g/mol. The normalized spacial score (nSPS) is 31.0. The molecule has 0 radical (unpaired) electrons. The molecule has 8 heteroatoms. The van der Waals surface area contributed by atoms with Crippen molar-refractivity contribution in [2.45, 2.75) is 57.4 Å². The first-order valence-electron chi connectivity index (χ1n) is 12.8. The SMILES string of the molecule is COc1ccc(OC)c(-c2csc(NC(=O)C3CCCN3C(=O)C34CC5CC(CC(C5)C3)C4)n2)c1. The molecule has 7 rings (SSSR count). The van der Waals surface area contributed by atoms with Crippen LogP contribution in [0, 0.1) is 23.2 Å². The Labute approximate surface area is 210 Å². The Morgan fingerprint density at radius 1 is 1.09 bits per heavy atom. The van der Waals surface area contributed by atoms with E-state index in [-0.39, 0.29) is 17.2 Å². The summed E-state index contributed by atoms with van der Waals surface area (Å²) < 4.78 is 10.8. The van der Waals surface area contributed by atoms with E-state index in [2.05, 4.69) is 10.3 Å². The van der Waals surface area contributed by atoms with Gasteiger partial charge in [-0.1, -0.05) is 0 Å². The molecule has 1 saturated heterocycles. The molecule has 2 amide bonds. The summed E-state index contributed by atoms with van der Waals surface area (Å²) in [7, 11) is 3.24. The maximum Gasteiger partial charge on any atom is 0.248 e. The molecule has 1 atom stereocenters. The van der Waals surface area contributed by atoms with Crippen LogP contribution < -0.4 is 14.8 Å². The van der Waals surface area contributed by atoms with Gasteiger partial charge in [0.2, 0.25) is 11.8 Å². The number of aromatic nitrogens is 1. The molecule has 1 aromatic carbocycles. The van der Waals surface area contributed by atoms with Crippen molar-refractivity contribution in [2.75, 3.05) is 26.1 Å². The predicted molar refractivity (Wildman–Crippen MR) is 135 cm³/mol. The number of carbonyl (C=O) groups excluding carboxylic acids is 2. The van der Waals surface area contributed by atoms with Crippen LogP contribution in [0.2, 0.25) is 0 Å². The second-order valence-electron chi connectivity index (χ2n) is 10.9. The van der Waals surface area contributed by atoms with Gasteiger partial charge in [0.15, 0.2) is 5.13 Å².